The Labute approximate surface area is 136 Å². The Morgan fingerprint density at radius 2 is 2.32 bits per heavy atom. The van der Waals surface area contributed by atoms with Crippen molar-refractivity contribution in [2.24, 2.45) is 0 Å². The number of aryl methyl sites for hydroxylation is 1. The van der Waals surface area contributed by atoms with E-state index in [2.05, 4.69) is 4.72 Å². The van der Waals surface area contributed by atoms with Crippen LogP contribution in [0.4, 0.5) is 0 Å². The van der Waals surface area contributed by atoms with Gasteiger partial charge in [-0.2, -0.15) is 0 Å². The SMILES string of the molecule is CC(C)=CCO[C@@H]1CCOC[C@@H]1NS(=O)(=O)c1sccc1C. The van der Waals surface area contributed by atoms with Crippen LogP contribution in [0.15, 0.2) is 27.3 Å². The van der Waals surface area contributed by atoms with Crippen molar-refractivity contribution < 1.29 is 17.9 Å². The molecule has 0 aromatic carbocycles. The van der Waals surface area contributed by atoms with Crippen molar-refractivity contribution in [3.05, 3.63) is 28.7 Å². The van der Waals surface area contributed by atoms with Gasteiger partial charge in [0.05, 0.1) is 25.4 Å². The van der Waals surface area contributed by atoms with Gasteiger partial charge in [-0.3, -0.25) is 0 Å². The summed E-state index contributed by atoms with van der Waals surface area (Å²) in [6.07, 6.45) is 2.51. The first-order valence-corrected chi connectivity index (χ1v) is 9.65. The topological polar surface area (TPSA) is 64.6 Å². The van der Waals surface area contributed by atoms with Crippen molar-refractivity contribution in [1.29, 1.82) is 0 Å². The second-order valence-electron chi connectivity index (χ2n) is 5.64. The van der Waals surface area contributed by atoms with E-state index < -0.39 is 10.0 Å². The maximum Gasteiger partial charge on any atom is 0.250 e. The number of sulfonamides is 1. The lowest BCUT2D eigenvalue weighted by Gasteiger charge is -2.31. The van der Waals surface area contributed by atoms with Crippen molar-refractivity contribution in [3.8, 4) is 0 Å². The number of allylic oxidation sites excluding steroid dienone is 1. The molecule has 1 aliphatic heterocycles. The van der Waals surface area contributed by atoms with E-state index >= 15 is 0 Å². The third-order valence-corrected chi connectivity index (χ3v) is 6.64. The molecule has 0 spiro atoms. The average Bonchev–Trinajstić information content (AvgIpc) is 2.87. The van der Waals surface area contributed by atoms with Crippen molar-refractivity contribution >= 4 is 21.4 Å². The van der Waals surface area contributed by atoms with E-state index in [0.717, 1.165) is 5.56 Å². The fourth-order valence-corrected chi connectivity index (χ4v) is 4.94. The van der Waals surface area contributed by atoms with E-state index in [0.29, 0.717) is 30.5 Å². The Kier molecular flexibility index (Phi) is 6.17. The highest BCUT2D eigenvalue weighted by Gasteiger charge is 2.31. The molecule has 0 amide bonds. The molecule has 1 aliphatic rings. The molecular weight excluding hydrogens is 322 g/mol. The van der Waals surface area contributed by atoms with Crippen molar-refractivity contribution in [2.75, 3.05) is 19.8 Å². The van der Waals surface area contributed by atoms with E-state index in [4.69, 9.17) is 9.47 Å². The molecule has 1 aromatic rings. The van der Waals surface area contributed by atoms with Crippen molar-refractivity contribution in [3.63, 3.8) is 0 Å². The predicted octanol–water partition coefficient (Wildman–Crippen LogP) is 2.48. The Balaban J connectivity index is 2.05. The van der Waals surface area contributed by atoms with Crippen LogP contribution in [0.1, 0.15) is 25.8 Å². The zero-order chi connectivity index (χ0) is 16.2. The Hall–Kier alpha value is -0.730. The lowest BCUT2D eigenvalue weighted by atomic mass is 10.1. The Bertz CT molecular complexity index is 617. The average molecular weight is 345 g/mol. The van der Waals surface area contributed by atoms with Gasteiger partial charge in [0, 0.05) is 6.61 Å². The normalized spacial score (nSPS) is 22.5. The molecule has 22 heavy (non-hydrogen) atoms. The molecular formula is C15H23NO4S2. The smallest absolute Gasteiger partial charge is 0.250 e. The van der Waals surface area contributed by atoms with Crippen LogP contribution in [0.2, 0.25) is 0 Å². The summed E-state index contributed by atoms with van der Waals surface area (Å²) in [5.41, 5.74) is 1.94. The van der Waals surface area contributed by atoms with Crippen LogP contribution < -0.4 is 4.72 Å². The van der Waals surface area contributed by atoms with Gasteiger partial charge >= 0.3 is 0 Å². The van der Waals surface area contributed by atoms with Gasteiger partial charge < -0.3 is 9.47 Å². The predicted molar refractivity (Wildman–Crippen MR) is 87.8 cm³/mol. The minimum Gasteiger partial charge on any atom is -0.380 e. The zero-order valence-electron chi connectivity index (χ0n) is 13.2. The molecule has 1 aromatic heterocycles. The number of nitrogens with one attached hydrogen (secondary N) is 1. The number of hydrogen-bond acceptors (Lipinski definition) is 5. The van der Waals surface area contributed by atoms with Crippen LogP contribution in [0, 0.1) is 6.92 Å². The summed E-state index contributed by atoms with van der Waals surface area (Å²) >= 11 is 1.23. The van der Waals surface area contributed by atoms with Gasteiger partial charge in [-0.1, -0.05) is 11.6 Å². The van der Waals surface area contributed by atoms with Gasteiger partial charge in [-0.25, -0.2) is 13.1 Å². The summed E-state index contributed by atoms with van der Waals surface area (Å²) in [7, 11) is -3.53. The molecule has 1 saturated heterocycles. The fraction of sp³-hybridized carbons (Fsp3) is 0.600. The molecule has 0 bridgehead atoms. The molecule has 2 rings (SSSR count). The third kappa shape index (κ3) is 4.63. The monoisotopic (exact) mass is 345 g/mol. The minimum atomic E-state index is -3.53. The van der Waals surface area contributed by atoms with E-state index in [1.54, 1.807) is 18.4 Å². The summed E-state index contributed by atoms with van der Waals surface area (Å²) in [4.78, 5) is 0. The fourth-order valence-electron chi connectivity index (χ4n) is 2.25. The van der Waals surface area contributed by atoms with Gasteiger partial charge in [0.25, 0.3) is 10.0 Å². The second kappa shape index (κ2) is 7.70. The standard InChI is InChI=1S/C15H23NO4S2/c1-11(2)4-8-20-14-5-7-19-10-13(14)16-22(17,18)15-12(3)6-9-21-15/h4,6,9,13-14,16H,5,7-8,10H2,1-3H3/t13-,14+/m0/s1. The lowest BCUT2D eigenvalue weighted by Crippen LogP contribution is -2.50. The first kappa shape index (κ1) is 17.6. The van der Waals surface area contributed by atoms with Crippen molar-refractivity contribution in [1.82, 2.24) is 4.72 Å². The maximum absolute atomic E-state index is 12.5. The highest BCUT2D eigenvalue weighted by atomic mass is 32.2. The quantitative estimate of drug-likeness (QED) is 0.805. The molecule has 7 heteroatoms. The number of thiophene rings is 1. The summed E-state index contributed by atoms with van der Waals surface area (Å²) in [5, 5.41) is 1.78. The molecule has 1 fully saturated rings. The molecule has 0 radical (unpaired) electrons. The van der Waals surface area contributed by atoms with E-state index in [1.165, 1.54) is 16.9 Å². The molecule has 2 heterocycles. The van der Waals surface area contributed by atoms with Gasteiger partial charge in [-0.05, 0) is 44.2 Å². The largest absolute Gasteiger partial charge is 0.380 e. The van der Waals surface area contributed by atoms with Crippen LogP contribution in [-0.2, 0) is 19.5 Å². The van der Waals surface area contributed by atoms with Crippen molar-refractivity contribution in [2.45, 2.75) is 43.5 Å². The van der Waals surface area contributed by atoms with Gasteiger partial charge in [-0.15, -0.1) is 11.3 Å². The molecule has 5 nitrogen and oxygen atoms in total. The molecule has 124 valence electrons. The number of rotatable bonds is 6. The molecule has 0 saturated carbocycles. The zero-order valence-corrected chi connectivity index (χ0v) is 14.8. The van der Waals surface area contributed by atoms with Gasteiger partial charge in [0.2, 0.25) is 0 Å². The van der Waals surface area contributed by atoms with Crippen LogP contribution in [-0.4, -0.2) is 40.4 Å². The first-order valence-electron chi connectivity index (χ1n) is 7.29. The highest BCUT2D eigenvalue weighted by molar-refractivity contribution is 7.91. The number of ether oxygens (including phenoxy) is 2. The Morgan fingerprint density at radius 3 is 2.95 bits per heavy atom. The summed E-state index contributed by atoms with van der Waals surface area (Å²) in [6.45, 7) is 7.23. The summed E-state index contributed by atoms with van der Waals surface area (Å²) < 4.78 is 39.3. The van der Waals surface area contributed by atoms with E-state index in [-0.39, 0.29) is 12.1 Å². The second-order valence-corrected chi connectivity index (χ2v) is 8.46. The summed E-state index contributed by atoms with van der Waals surface area (Å²) in [6, 6.07) is 1.45. The van der Waals surface area contributed by atoms with Crippen LogP contribution in [0.25, 0.3) is 0 Å². The Morgan fingerprint density at radius 1 is 1.55 bits per heavy atom. The number of hydrogen-bond donors (Lipinski definition) is 1. The highest BCUT2D eigenvalue weighted by Crippen LogP contribution is 2.23. The summed E-state index contributed by atoms with van der Waals surface area (Å²) in [5.74, 6) is 0. The van der Waals surface area contributed by atoms with Gasteiger partial charge in [0.15, 0.2) is 0 Å². The first-order chi connectivity index (χ1) is 10.4. The minimum absolute atomic E-state index is 0.167. The molecule has 0 aliphatic carbocycles. The molecule has 0 unspecified atom stereocenters. The van der Waals surface area contributed by atoms with Gasteiger partial charge in [0.1, 0.15) is 4.21 Å². The van der Waals surface area contributed by atoms with Crippen LogP contribution in [0.3, 0.4) is 0 Å². The maximum atomic E-state index is 12.5. The molecule has 2 atom stereocenters. The third-order valence-electron chi connectivity index (χ3n) is 3.46. The van der Waals surface area contributed by atoms with Crippen LogP contribution in [0.5, 0.6) is 0 Å². The lowest BCUT2D eigenvalue weighted by molar-refractivity contribution is -0.0418. The molecule has 1 N–H and O–H groups in total. The van der Waals surface area contributed by atoms with E-state index in [1.807, 2.05) is 19.9 Å². The van der Waals surface area contributed by atoms with E-state index in [9.17, 15) is 8.42 Å². The van der Waals surface area contributed by atoms with Crippen LogP contribution >= 0.6 is 11.3 Å².